The topological polar surface area (TPSA) is 68.2 Å². The van der Waals surface area contributed by atoms with Crippen molar-refractivity contribution in [1.29, 1.82) is 0 Å². The van der Waals surface area contributed by atoms with Gasteiger partial charge in [-0.2, -0.15) is 10.2 Å². The summed E-state index contributed by atoms with van der Waals surface area (Å²) >= 11 is 6.81. The molecule has 1 fully saturated rings. The Morgan fingerprint density at radius 3 is 2.44 bits per heavy atom. The summed E-state index contributed by atoms with van der Waals surface area (Å²) < 4.78 is -0.0582. The number of hydroxylamine groups is 2. The second kappa shape index (κ2) is 8.08. The van der Waals surface area contributed by atoms with E-state index in [4.69, 9.17) is 12.2 Å². The summed E-state index contributed by atoms with van der Waals surface area (Å²) in [5.74, 6) is 0. The van der Waals surface area contributed by atoms with Crippen molar-refractivity contribution in [2.45, 2.75) is 24.8 Å². The molecule has 3 rings (SSSR count). The monoisotopic (exact) mass is 400 g/mol. The lowest BCUT2D eigenvalue weighted by molar-refractivity contribution is -0.114. The van der Waals surface area contributed by atoms with Crippen molar-refractivity contribution in [3.8, 4) is 0 Å². The highest BCUT2D eigenvalue weighted by molar-refractivity contribution is 8.24. The lowest BCUT2D eigenvalue weighted by atomic mass is 10.1. The molecule has 2 aromatic carbocycles. The zero-order chi connectivity index (χ0) is 19.4. The van der Waals surface area contributed by atoms with E-state index in [1.165, 1.54) is 16.8 Å². The van der Waals surface area contributed by atoms with E-state index in [0.717, 1.165) is 5.56 Å². The van der Waals surface area contributed by atoms with Crippen molar-refractivity contribution >= 4 is 46.2 Å². The van der Waals surface area contributed by atoms with Gasteiger partial charge in [0.2, 0.25) is 0 Å². The molecule has 8 heteroatoms. The molecule has 6 nitrogen and oxygen atoms in total. The molecular weight excluding hydrogens is 380 g/mol. The Labute approximate surface area is 167 Å². The van der Waals surface area contributed by atoms with Gasteiger partial charge < -0.3 is 5.32 Å². The van der Waals surface area contributed by atoms with Gasteiger partial charge in [-0.25, -0.2) is 9.80 Å². The number of rotatable bonds is 4. The van der Waals surface area contributed by atoms with E-state index in [1.807, 2.05) is 50.2 Å². The van der Waals surface area contributed by atoms with Crippen LogP contribution in [0.1, 0.15) is 19.4 Å². The summed E-state index contributed by atoms with van der Waals surface area (Å²) in [7, 11) is 0. The van der Waals surface area contributed by atoms with Crippen molar-refractivity contribution < 1.29 is 10.0 Å². The predicted molar refractivity (Wildman–Crippen MR) is 113 cm³/mol. The normalized spacial score (nSPS) is 18.7. The Hall–Kier alpha value is -2.42. The van der Waals surface area contributed by atoms with Crippen LogP contribution in [0.15, 0.2) is 65.8 Å². The molecule has 0 aliphatic carbocycles. The van der Waals surface area contributed by atoms with Crippen LogP contribution in [0.3, 0.4) is 0 Å². The number of hydrogen-bond acceptors (Lipinski definition) is 5. The first-order valence-electron chi connectivity index (χ1n) is 8.34. The van der Waals surface area contributed by atoms with Crippen molar-refractivity contribution in [1.82, 2.24) is 10.1 Å². The fraction of sp³-hybridized carbons (Fsp3) is 0.211. The highest BCUT2D eigenvalue weighted by Gasteiger charge is 2.50. The number of urea groups is 1. The van der Waals surface area contributed by atoms with Crippen LogP contribution in [0, 0.1) is 0 Å². The number of hydrazone groups is 1. The van der Waals surface area contributed by atoms with E-state index in [-0.39, 0.29) is 0 Å². The summed E-state index contributed by atoms with van der Waals surface area (Å²) in [6.07, 6.45) is 0.906. The van der Waals surface area contributed by atoms with Crippen LogP contribution >= 0.6 is 24.0 Å². The zero-order valence-corrected chi connectivity index (χ0v) is 16.6. The van der Waals surface area contributed by atoms with Gasteiger partial charge in [-0.3, -0.25) is 5.21 Å². The van der Waals surface area contributed by atoms with Crippen LogP contribution < -0.4 is 5.32 Å². The number of amides is 2. The molecule has 2 amide bonds. The van der Waals surface area contributed by atoms with E-state index in [0.29, 0.717) is 15.1 Å². The molecule has 1 unspecified atom stereocenters. The molecule has 0 saturated carbocycles. The molecule has 1 aliphatic heterocycles. The minimum atomic E-state index is -0.751. The highest BCUT2D eigenvalue weighted by atomic mass is 32.2. The largest absolute Gasteiger partial charge is 0.347 e. The maximum atomic E-state index is 12.5. The van der Waals surface area contributed by atoms with Gasteiger partial charge in [-0.1, -0.05) is 72.5 Å². The van der Waals surface area contributed by atoms with Gasteiger partial charge >= 0.3 is 6.03 Å². The van der Waals surface area contributed by atoms with Gasteiger partial charge in [-0.15, -0.1) is 0 Å². The molecule has 2 aromatic rings. The van der Waals surface area contributed by atoms with E-state index in [9.17, 15) is 10.0 Å². The number of hydrogen-bond donors (Lipinski definition) is 2. The lowest BCUT2D eigenvalue weighted by Gasteiger charge is -2.34. The van der Waals surface area contributed by atoms with E-state index in [1.54, 1.807) is 30.5 Å². The Kier molecular flexibility index (Phi) is 5.79. The fourth-order valence-corrected chi connectivity index (χ4v) is 4.50. The van der Waals surface area contributed by atoms with Crippen LogP contribution in [-0.2, 0) is 0 Å². The van der Waals surface area contributed by atoms with Crippen molar-refractivity contribution in [2.75, 3.05) is 5.32 Å². The number of thiocarbonyl (C=S) groups is 1. The molecule has 27 heavy (non-hydrogen) atoms. The first kappa shape index (κ1) is 19.3. The maximum absolute atomic E-state index is 12.5. The number of benzene rings is 2. The number of thioether (sulfide) groups is 1. The number of nitrogens with zero attached hydrogens (tertiary/aromatic N) is 3. The van der Waals surface area contributed by atoms with Crippen LogP contribution in [0.5, 0.6) is 0 Å². The summed E-state index contributed by atoms with van der Waals surface area (Å²) in [4.78, 5) is 12.5. The quantitative estimate of drug-likeness (QED) is 0.345. The minimum absolute atomic E-state index is 0.490. The molecule has 2 N–H and O–H groups in total. The average molecular weight is 401 g/mol. The van der Waals surface area contributed by atoms with Crippen LogP contribution in [0.25, 0.3) is 0 Å². The third-order valence-corrected chi connectivity index (χ3v) is 5.52. The van der Waals surface area contributed by atoms with Crippen LogP contribution in [-0.4, -0.2) is 42.8 Å². The molecule has 1 saturated heterocycles. The van der Waals surface area contributed by atoms with Gasteiger partial charge in [0.25, 0.3) is 0 Å². The lowest BCUT2D eigenvalue weighted by Crippen LogP contribution is -2.54. The standard InChI is InChI=1S/C19H20N4O2S2/c1-19(2)16(23(25)17(24)21-15-11-7-4-8-12-15)22(18(26)27-19)20-13-14-9-5-3-6-10-14/h3-13,16,25H,1-2H3,(H,21,24). The summed E-state index contributed by atoms with van der Waals surface area (Å²) in [5.41, 5.74) is 1.49. The van der Waals surface area contributed by atoms with Crippen molar-refractivity contribution in [2.24, 2.45) is 5.10 Å². The number of carbonyl (C=O) groups is 1. The Bertz CT molecular complexity index is 843. The number of nitrogens with one attached hydrogen (secondary N) is 1. The Morgan fingerprint density at radius 1 is 1.22 bits per heavy atom. The van der Waals surface area contributed by atoms with Gasteiger partial charge in [0.15, 0.2) is 10.5 Å². The van der Waals surface area contributed by atoms with Gasteiger partial charge in [0.05, 0.1) is 11.0 Å². The average Bonchev–Trinajstić information content (AvgIpc) is 2.88. The van der Waals surface area contributed by atoms with Gasteiger partial charge in [0.1, 0.15) is 0 Å². The number of para-hydroxylation sites is 1. The Balaban J connectivity index is 1.81. The summed E-state index contributed by atoms with van der Waals surface area (Å²) in [6, 6.07) is 17.9. The second-order valence-electron chi connectivity index (χ2n) is 6.49. The molecule has 0 spiro atoms. The molecule has 1 heterocycles. The highest BCUT2D eigenvalue weighted by Crippen LogP contribution is 2.42. The first-order valence-corrected chi connectivity index (χ1v) is 9.56. The molecule has 1 atom stereocenters. The number of carbonyl (C=O) groups excluding carboxylic acids is 1. The van der Waals surface area contributed by atoms with E-state index in [2.05, 4.69) is 10.4 Å². The number of anilines is 1. The Morgan fingerprint density at radius 2 is 1.81 bits per heavy atom. The molecule has 1 aliphatic rings. The smallest absolute Gasteiger partial charge is 0.306 e. The van der Waals surface area contributed by atoms with Gasteiger partial charge in [-0.05, 0) is 31.5 Å². The predicted octanol–water partition coefficient (Wildman–Crippen LogP) is 4.38. The summed E-state index contributed by atoms with van der Waals surface area (Å²) in [5, 5.41) is 19.9. The third-order valence-electron chi connectivity index (χ3n) is 3.99. The van der Waals surface area contributed by atoms with Crippen molar-refractivity contribution in [3.63, 3.8) is 0 Å². The fourth-order valence-electron chi connectivity index (χ4n) is 2.71. The van der Waals surface area contributed by atoms with Crippen LogP contribution in [0.4, 0.5) is 10.5 Å². The SMILES string of the molecule is CC1(C)SC(=S)N(N=Cc2ccccc2)C1N(O)C(=O)Nc1ccccc1. The zero-order valence-electron chi connectivity index (χ0n) is 14.9. The molecule has 0 bridgehead atoms. The molecule has 0 radical (unpaired) electrons. The minimum Gasteiger partial charge on any atom is -0.306 e. The maximum Gasteiger partial charge on any atom is 0.347 e. The van der Waals surface area contributed by atoms with Crippen molar-refractivity contribution in [3.05, 3.63) is 66.2 Å². The third kappa shape index (κ3) is 4.47. The van der Waals surface area contributed by atoms with E-state index < -0.39 is 16.9 Å². The molecule has 0 aromatic heterocycles. The van der Waals surface area contributed by atoms with Gasteiger partial charge in [0, 0.05) is 5.69 Å². The first-order chi connectivity index (χ1) is 12.9. The summed E-state index contributed by atoms with van der Waals surface area (Å²) in [6.45, 7) is 3.82. The van der Waals surface area contributed by atoms with Crippen LogP contribution in [0.2, 0.25) is 0 Å². The second-order valence-corrected chi connectivity index (χ2v) is 8.77. The van der Waals surface area contributed by atoms with E-state index >= 15 is 0 Å². The molecular formula is C19H20N4O2S2. The molecule has 140 valence electrons.